The van der Waals surface area contributed by atoms with Crippen molar-refractivity contribution in [2.45, 2.75) is 19.3 Å². The molecular weight excluding hydrogens is 353 g/mol. The van der Waals surface area contributed by atoms with Crippen molar-refractivity contribution < 1.29 is 14.3 Å². The lowest BCUT2D eigenvalue weighted by molar-refractivity contribution is -0.120. The summed E-state index contributed by atoms with van der Waals surface area (Å²) in [6.45, 7) is 1.47. The molecule has 0 atom stereocenters. The predicted octanol–water partition coefficient (Wildman–Crippen LogP) is 2.21. The zero-order valence-corrected chi connectivity index (χ0v) is 15.1. The Balaban J connectivity index is 0.00000288. The summed E-state index contributed by atoms with van der Waals surface area (Å²) in [6.07, 6.45) is 2.69. The van der Waals surface area contributed by atoms with Gasteiger partial charge >= 0.3 is 0 Å². The maximum Gasteiger partial charge on any atom is 0.233 e. The molecule has 1 aromatic carbocycles. The van der Waals surface area contributed by atoms with Crippen molar-refractivity contribution in [3.8, 4) is 5.75 Å². The first-order valence-electron chi connectivity index (χ1n) is 7.69. The Kier molecular flexibility index (Phi) is 8.89. The van der Waals surface area contributed by atoms with E-state index in [-0.39, 0.29) is 30.6 Å². The molecule has 1 saturated carbocycles. The number of anilines is 1. The fraction of sp³-hybridized carbons (Fsp3) is 0.500. The Hall–Kier alpha value is -1.50. The van der Waals surface area contributed by atoms with E-state index in [9.17, 15) is 9.59 Å². The summed E-state index contributed by atoms with van der Waals surface area (Å²) < 4.78 is 5.16. The van der Waals surface area contributed by atoms with Crippen LogP contribution < -0.4 is 20.7 Å². The van der Waals surface area contributed by atoms with Crippen molar-refractivity contribution in [1.29, 1.82) is 0 Å². The minimum Gasteiger partial charge on any atom is -0.495 e. The smallest absolute Gasteiger partial charge is 0.233 e. The minimum absolute atomic E-state index is 0. The zero-order chi connectivity index (χ0) is 16.7. The number of ether oxygens (including phenoxy) is 1. The van der Waals surface area contributed by atoms with Crippen LogP contribution in [0.25, 0.3) is 0 Å². The van der Waals surface area contributed by atoms with E-state index in [4.69, 9.17) is 16.3 Å². The summed E-state index contributed by atoms with van der Waals surface area (Å²) in [4.78, 5) is 23.5. The van der Waals surface area contributed by atoms with Gasteiger partial charge in [-0.05, 0) is 43.5 Å². The number of carbonyl (C=O) groups is 2. The molecule has 1 aliphatic carbocycles. The van der Waals surface area contributed by atoms with Crippen LogP contribution >= 0.6 is 24.0 Å². The second-order valence-electron chi connectivity index (χ2n) is 5.57. The van der Waals surface area contributed by atoms with Crippen LogP contribution in [-0.4, -0.2) is 38.6 Å². The van der Waals surface area contributed by atoms with Gasteiger partial charge in [-0.3, -0.25) is 9.59 Å². The molecule has 3 N–H and O–H groups in total. The second kappa shape index (κ2) is 10.4. The number of methoxy groups -OCH3 is 1. The van der Waals surface area contributed by atoms with Crippen LogP contribution in [0.1, 0.15) is 19.3 Å². The van der Waals surface area contributed by atoms with Gasteiger partial charge in [-0.1, -0.05) is 11.6 Å². The fourth-order valence-corrected chi connectivity index (χ4v) is 2.25. The number of hydrogen-bond donors (Lipinski definition) is 3. The minimum atomic E-state index is -0.211. The van der Waals surface area contributed by atoms with Crippen molar-refractivity contribution >= 4 is 41.5 Å². The van der Waals surface area contributed by atoms with Crippen molar-refractivity contribution in [2.75, 3.05) is 32.1 Å². The highest BCUT2D eigenvalue weighted by Crippen LogP contribution is 2.28. The predicted molar refractivity (Wildman–Crippen MR) is 97.1 cm³/mol. The Morgan fingerprint density at radius 2 is 2.04 bits per heavy atom. The Morgan fingerprint density at radius 3 is 2.71 bits per heavy atom. The van der Waals surface area contributed by atoms with Crippen LogP contribution in [0.3, 0.4) is 0 Å². The number of benzene rings is 1. The Morgan fingerprint density at radius 1 is 1.29 bits per heavy atom. The summed E-state index contributed by atoms with van der Waals surface area (Å²) in [5.41, 5.74) is 0.516. The van der Waals surface area contributed by atoms with Gasteiger partial charge in [0.15, 0.2) is 0 Å². The van der Waals surface area contributed by atoms with Crippen LogP contribution in [0, 0.1) is 5.92 Å². The van der Waals surface area contributed by atoms with E-state index < -0.39 is 0 Å². The summed E-state index contributed by atoms with van der Waals surface area (Å²) in [7, 11) is 1.52. The molecule has 24 heavy (non-hydrogen) atoms. The average molecular weight is 376 g/mol. The highest BCUT2D eigenvalue weighted by Gasteiger charge is 2.20. The van der Waals surface area contributed by atoms with Gasteiger partial charge in [0.2, 0.25) is 11.8 Å². The molecule has 1 aromatic rings. The second-order valence-corrected chi connectivity index (χ2v) is 6.00. The summed E-state index contributed by atoms with van der Waals surface area (Å²) in [5.74, 6) is 0.966. The largest absolute Gasteiger partial charge is 0.495 e. The molecule has 6 nitrogen and oxygen atoms in total. The molecule has 0 aromatic heterocycles. The van der Waals surface area contributed by atoms with E-state index in [2.05, 4.69) is 16.0 Å². The molecule has 8 heteroatoms. The molecule has 0 bridgehead atoms. The Labute approximate surface area is 153 Å². The molecule has 0 radical (unpaired) electrons. The molecule has 1 aliphatic rings. The molecule has 0 saturated heterocycles. The number of amides is 2. The SMILES string of the molecule is COc1ccc(Cl)cc1NC(=O)CCNC(=O)CNCC1CC1.Cl. The standard InChI is InChI=1S/C16H22ClN3O3.ClH/c1-23-14-5-4-12(17)8-13(14)20-15(21)6-7-19-16(22)10-18-9-11-2-3-11;/h4-5,8,11,18H,2-3,6-7,9-10H2,1H3,(H,19,22)(H,20,21);1H. The molecule has 0 spiro atoms. The number of nitrogens with one attached hydrogen (secondary N) is 3. The van der Waals surface area contributed by atoms with Gasteiger partial charge in [0.05, 0.1) is 19.3 Å². The number of halogens is 2. The van der Waals surface area contributed by atoms with Gasteiger partial charge in [0, 0.05) is 18.0 Å². The highest BCUT2D eigenvalue weighted by molar-refractivity contribution is 6.31. The summed E-state index contributed by atoms with van der Waals surface area (Å²) in [5, 5.41) is 9.05. The van der Waals surface area contributed by atoms with Crippen LogP contribution in [0.15, 0.2) is 18.2 Å². The van der Waals surface area contributed by atoms with Gasteiger partial charge in [-0.25, -0.2) is 0 Å². The number of rotatable bonds is 9. The lowest BCUT2D eigenvalue weighted by Crippen LogP contribution is -2.36. The molecular formula is C16H23Cl2N3O3. The normalized spacial score (nSPS) is 12.9. The topological polar surface area (TPSA) is 79.5 Å². The lowest BCUT2D eigenvalue weighted by atomic mass is 10.2. The first kappa shape index (κ1) is 20.5. The Bertz CT molecular complexity index is 565. The van der Waals surface area contributed by atoms with Crippen molar-refractivity contribution in [1.82, 2.24) is 10.6 Å². The van der Waals surface area contributed by atoms with E-state index in [1.807, 2.05) is 0 Å². The molecule has 0 aliphatic heterocycles. The van der Waals surface area contributed by atoms with Crippen LogP contribution in [0.4, 0.5) is 5.69 Å². The maximum atomic E-state index is 11.9. The summed E-state index contributed by atoms with van der Waals surface area (Å²) in [6, 6.07) is 4.99. The van der Waals surface area contributed by atoms with E-state index in [1.54, 1.807) is 18.2 Å². The maximum absolute atomic E-state index is 11.9. The monoisotopic (exact) mass is 375 g/mol. The molecule has 0 heterocycles. The van der Waals surface area contributed by atoms with E-state index >= 15 is 0 Å². The van der Waals surface area contributed by atoms with Gasteiger partial charge in [-0.2, -0.15) is 0 Å². The van der Waals surface area contributed by atoms with Crippen molar-refractivity contribution in [3.63, 3.8) is 0 Å². The molecule has 2 rings (SSSR count). The third kappa shape index (κ3) is 7.38. The van der Waals surface area contributed by atoms with Gasteiger partial charge in [0.1, 0.15) is 5.75 Å². The molecule has 2 amide bonds. The average Bonchev–Trinajstić information content (AvgIpc) is 3.32. The van der Waals surface area contributed by atoms with Crippen LogP contribution in [-0.2, 0) is 9.59 Å². The first-order valence-corrected chi connectivity index (χ1v) is 8.07. The number of hydrogen-bond acceptors (Lipinski definition) is 4. The zero-order valence-electron chi connectivity index (χ0n) is 13.6. The molecule has 0 unspecified atom stereocenters. The fourth-order valence-electron chi connectivity index (χ4n) is 2.08. The quantitative estimate of drug-likeness (QED) is 0.618. The van der Waals surface area contributed by atoms with Gasteiger partial charge in [0.25, 0.3) is 0 Å². The summed E-state index contributed by atoms with van der Waals surface area (Å²) >= 11 is 5.91. The third-order valence-corrected chi connectivity index (χ3v) is 3.76. The van der Waals surface area contributed by atoms with Gasteiger partial charge in [-0.15, -0.1) is 12.4 Å². The third-order valence-electron chi connectivity index (χ3n) is 3.53. The molecule has 1 fully saturated rings. The van der Waals surface area contributed by atoms with E-state index in [1.165, 1.54) is 20.0 Å². The van der Waals surface area contributed by atoms with E-state index in [0.717, 1.165) is 12.5 Å². The van der Waals surface area contributed by atoms with Crippen LogP contribution in [0.2, 0.25) is 5.02 Å². The van der Waals surface area contributed by atoms with E-state index in [0.29, 0.717) is 29.5 Å². The van der Waals surface area contributed by atoms with Gasteiger partial charge < -0.3 is 20.7 Å². The van der Waals surface area contributed by atoms with Crippen molar-refractivity contribution in [2.24, 2.45) is 5.92 Å². The van der Waals surface area contributed by atoms with Crippen molar-refractivity contribution in [3.05, 3.63) is 23.2 Å². The highest BCUT2D eigenvalue weighted by atomic mass is 35.5. The molecule has 134 valence electrons. The first-order chi connectivity index (χ1) is 11.1. The lowest BCUT2D eigenvalue weighted by Gasteiger charge is -2.11. The van der Waals surface area contributed by atoms with Crippen LogP contribution in [0.5, 0.6) is 5.75 Å². The number of carbonyl (C=O) groups excluding carboxylic acids is 2.